The van der Waals surface area contributed by atoms with Crippen LogP contribution >= 0.6 is 15.9 Å². The fraction of sp³-hybridized carbons (Fsp3) is 0.429. The Morgan fingerprint density at radius 2 is 2.20 bits per heavy atom. The van der Waals surface area contributed by atoms with Crippen molar-refractivity contribution in [1.82, 2.24) is 0 Å². The molecule has 2 bridgehead atoms. The lowest BCUT2D eigenvalue weighted by atomic mass is 9.93. The van der Waals surface area contributed by atoms with Gasteiger partial charge in [0.25, 0.3) is 0 Å². The summed E-state index contributed by atoms with van der Waals surface area (Å²) in [5.41, 5.74) is 6.27. The van der Waals surface area contributed by atoms with Gasteiger partial charge in [-0.25, -0.2) is 0 Å². The van der Waals surface area contributed by atoms with Gasteiger partial charge in [-0.3, -0.25) is 0 Å². The summed E-state index contributed by atoms with van der Waals surface area (Å²) in [6.45, 7) is 0. The van der Waals surface area contributed by atoms with Gasteiger partial charge in [0.1, 0.15) is 0 Å². The highest BCUT2D eigenvalue weighted by atomic mass is 79.9. The average molecular weight is 263 g/mol. The number of allylic oxidation sites excluding steroid dienone is 2. The van der Waals surface area contributed by atoms with Crippen molar-refractivity contribution in [3.8, 4) is 0 Å². The maximum absolute atomic E-state index is 3.53. The van der Waals surface area contributed by atoms with Gasteiger partial charge in [-0.2, -0.15) is 0 Å². The number of hydrogen-bond acceptors (Lipinski definition) is 0. The third-order valence-electron chi connectivity index (χ3n) is 3.74. The van der Waals surface area contributed by atoms with Gasteiger partial charge in [-0.1, -0.05) is 45.8 Å². The van der Waals surface area contributed by atoms with E-state index in [4.69, 9.17) is 0 Å². The molecule has 0 aromatic heterocycles. The van der Waals surface area contributed by atoms with Gasteiger partial charge >= 0.3 is 0 Å². The molecule has 15 heavy (non-hydrogen) atoms. The van der Waals surface area contributed by atoms with Gasteiger partial charge < -0.3 is 0 Å². The van der Waals surface area contributed by atoms with E-state index in [-0.39, 0.29) is 0 Å². The van der Waals surface area contributed by atoms with Gasteiger partial charge in [0, 0.05) is 5.33 Å². The van der Waals surface area contributed by atoms with Crippen molar-refractivity contribution in [2.45, 2.75) is 31.0 Å². The fourth-order valence-corrected chi connectivity index (χ4v) is 3.33. The van der Waals surface area contributed by atoms with Crippen LogP contribution in [0.15, 0.2) is 29.8 Å². The molecule has 1 aromatic rings. The van der Waals surface area contributed by atoms with Crippen LogP contribution in [0.4, 0.5) is 0 Å². The lowest BCUT2D eigenvalue weighted by Gasteiger charge is -2.12. The minimum atomic E-state index is 0.965. The van der Waals surface area contributed by atoms with Gasteiger partial charge in [-0.15, -0.1) is 0 Å². The first-order valence-corrected chi connectivity index (χ1v) is 6.85. The molecule has 78 valence electrons. The number of benzene rings is 1. The van der Waals surface area contributed by atoms with E-state index in [9.17, 15) is 0 Å². The number of halogens is 1. The van der Waals surface area contributed by atoms with E-state index >= 15 is 0 Å². The summed E-state index contributed by atoms with van der Waals surface area (Å²) < 4.78 is 0. The van der Waals surface area contributed by atoms with E-state index in [0.717, 1.165) is 11.2 Å². The second-order valence-corrected chi connectivity index (χ2v) is 5.29. The zero-order valence-electron chi connectivity index (χ0n) is 8.80. The Morgan fingerprint density at radius 1 is 1.27 bits per heavy atom. The Hall–Kier alpha value is -0.560. The predicted octanol–water partition coefficient (Wildman–Crippen LogP) is 4.54. The van der Waals surface area contributed by atoms with Crippen LogP contribution in [0.25, 0.3) is 5.57 Å². The predicted molar refractivity (Wildman–Crippen MR) is 68.0 cm³/mol. The quantitative estimate of drug-likeness (QED) is 0.687. The summed E-state index contributed by atoms with van der Waals surface area (Å²) in [4.78, 5) is 0. The molecule has 0 spiro atoms. The smallest absolute Gasteiger partial charge is 0.0283 e. The molecule has 1 heteroatoms. The molecule has 1 aromatic carbocycles. The van der Waals surface area contributed by atoms with E-state index in [0.29, 0.717) is 0 Å². The zero-order chi connectivity index (χ0) is 10.3. The molecular weight excluding hydrogens is 248 g/mol. The van der Waals surface area contributed by atoms with Crippen LogP contribution in [-0.4, -0.2) is 0 Å². The molecule has 2 aliphatic rings. The Bertz CT molecular complexity index is 417. The highest BCUT2D eigenvalue weighted by Crippen LogP contribution is 2.48. The molecule has 0 aliphatic heterocycles. The molecule has 0 amide bonds. The van der Waals surface area contributed by atoms with Gasteiger partial charge in [0.05, 0.1) is 0 Å². The summed E-state index contributed by atoms with van der Waals surface area (Å²) in [5, 5.41) is 0.965. The van der Waals surface area contributed by atoms with Gasteiger partial charge in [-0.05, 0) is 48.3 Å². The number of alkyl halides is 1. The van der Waals surface area contributed by atoms with Gasteiger partial charge in [0.15, 0.2) is 0 Å². The fourth-order valence-electron chi connectivity index (χ4n) is 2.98. The molecule has 2 aliphatic carbocycles. The third kappa shape index (κ3) is 1.67. The lowest BCUT2D eigenvalue weighted by molar-refractivity contribution is 0.582. The highest BCUT2D eigenvalue weighted by molar-refractivity contribution is 9.08. The van der Waals surface area contributed by atoms with E-state index in [1.165, 1.54) is 36.8 Å². The monoisotopic (exact) mass is 262 g/mol. The Morgan fingerprint density at radius 3 is 2.87 bits per heavy atom. The number of rotatable bonds is 2. The van der Waals surface area contributed by atoms with Crippen molar-refractivity contribution in [3.63, 3.8) is 0 Å². The molecule has 0 nitrogen and oxygen atoms in total. The van der Waals surface area contributed by atoms with Crippen LogP contribution in [0.5, 0.6) is 0 Å². The molecule has 0 N–H and O–H groups in total. The summed E-state index contributed by atoms with van der Waals surface area (Å²) >= 11 is 3.53. The Kier molecular flexibility index (Phi) is 2.44. The Balaban J connectivity index is 1.99. The second-order valence-electron chi connectivity index (χ2n) is 4.73. The molecule has 1 atom stereocenters. The molecule has 1 unspecified atom stereocenters. The van der Waals surface area contributed by atoms with Crippen LogP contribution in [0.3, 0.4) is 0 Å². The summed E-state index contributed by atoms with van der Waals surface area (Å²) in [7, 11) is 0. The number of fused-ring (bicyclic) bond motifs is 2. The van der Waals surface area contributed by atoms with Crippen LogP contribution in [0, 0.1) is 5.92 Å². The van der Waals surface area contributed by atoms with Gasteiger partial charge in [0.2, 0.25) is 0 Å². The third-order valence-corrected chi connectivity index (χ3v) is 4.39. The highest BCUT2D eigenvalue weighted by Gasteiger charge is 2.30. The lowest BCUT2D eigenvalue weighted by Crippen LogP contribution is -1.94. The SMILES string of the molecule is BrCc1cccc(C2=C3CCC(C3)C2)c1. The standard InChI is InChI=1S/C14H15Br/c15-9-11-2-1-3-12(7-11)14-8-10-4-5-13(14)6-10/h1-3,7,10H,4-6,8-9H2. The normalized spacial score (nSPS) is 23.9. The average Bonchev–Trinajstić information content (AvgIpc) is 2.91. The Labute approximate surface area is 99.5 Å². The molecule has 0 radical (unpaired) electrons. The maximum atomic E-state index is 3.53. The van der Waals surface area contributed by atoms with Crippen molar-refractivity contribution in [2.24, 2.45) is 5.92 Å². The molecule has 1 fully saturated rings. The molecule has 0 heterocycles. The summed E-state index contributed by atoms with van der Waals surface area (Å²) in [6.07, 6.45) is 5.52. The van der Waals surface area contributed by atoms with Crippen LogP contribution in [0.2, 0.25) is 0 Å². The molecule has 3 rings (SSSR count). The van der Waals surface area contributed by atoms with Crippen LogP contribution in [0.1, 0.15) is 36.8 Å². The van der Waals surface area contributed by atoms with Crippen molar-refractivity contribution < 1.29 is 0 Å². The summed E-state index contributed by atoms with van der Waals surface area (Å²) in [6, 6.07) is 9.00. The van der Waals surface area contributed by atoms with E-state index < -0.39 is 0 Å². The largest absolute Gasteiger partial charge is 0.0876 e. The maximum Gasteiger partial charge on any atom is 0.0283 e. The first kappa shape index (κ1) is 9.65. The van der Waals surface area contributed by atoms with Crippen molar-refractivity contribution >= 4 is 21.5 Å². The number of hydrogen-bond donors (Lipinski definition) is 0. The van der Waals surface area contributed by atoms with Crippen LogP contribution < -0.4 is 0 Å². The van der Waals surface area contributed by atoms with E-state index in [1.54, 1.807) is 11.1 Å². The van der Waals surface area contributed by atoms with Crippen LogP contribution in [-0.2, 0) is 5.33 Å². The topological polar surface area (TPSA) is 0 Å². The van der Waals surface area contributed by atoms with Crippen molar-refractivity contribution in [3.05, 3.63) is 41.0 Å². The first-order chi connectivity index (χ1) is 7.36. The van der Waals surface area contributed by atoms with E-state index in [2.05, 4.69) is 40.2 Å². The van der Waals surface area contributed by atoms with Crippen molar-refractivity contribution in [2.75, 3.05) is 0 Å². The molecule has 1 saturated carbocycles. The van der Waals surface area contributed by atoms with Crippen molar-refractivity contribution in [1.29, 1.82) is 0 Å². The zero-order valence-corrected chi connectivity index (χ0v) is 10.4. The molecule has 0 saturated heterocycles. The second kappa shape index (κ2) is 3.79. The minimum Gasteiger partial charge on any atom is -0.0876 e. The summed E-state index contributed by atoms with van der Waals surface area (Å²) in [5.74, 6) is 0.975. The first-order valence-electron chi connectivity index (χ1n) is 5.73. The minimum absolute atomic E-state index is 0.965. The molecular formula is C14H15Br. The van der Waals surface area contributed by atoms with E-state index in [1.807, 2.05) is 0 Å².